The lowest BCUT2D eigenvalue weighted by molar-refractivity contribution is 0.383. The van der Waals surface area contributed by atoms with Crippen molar-refractivity contribution in [3.63, 3.8) is 0 Å². The van der Waals surface area contributed by atoms with E-state index in [1.807, 2.05) is 47.4 Å². The number of aromatic nitrogens is 2. The molecule has 3 aromatic rings. The molecule has 0 spiro atoms. The smallest absolute Gasteiger partial charge is 0.243 e. The molecule has 4 rings (SSSR count). The molecule has 0 atom stereocenters. The van der Waals surface area contributed by atoms with E-state index >= 15 is 0 Å². The van der Waals surface area contributed by atoms with Crippen molar-refractivity contribution in [3.8, 4) is 0 Å². The van der Waals surface area contributed by atoms with Crippen LogP contribution in [0, 0.1) is 0 Å². The number of hydrogen-bond acceptors (Lipinski definition) is 6. The van der Waals surface area contributed by atoms with Crippen LogP contribution in [-0.2, 0) is 10.0 Å². The van der Waals surface area contributed by atoms with Crippen molar-refractivity contribution >= 4 is 38.9 Å². The molecular weight excluding hydrogens is 410 g/mol. The van der Waals surface area contributed by atoms with Crippen molar-refractivity contribution < 1.29 is 8.42 Å². The number of halogens is 1. The lowest BCUT2D eigenvalue weighted by Crippen LogP contribution is -2.48. The van der Waals surface area contributed by atoms with Gasteiger partial charge in [-0.05, 0) is 48.5 Å². The Morgan fingerprint density at radius 1 is 0.828 bits per heavy atom. The van der Waals surface area contributed by atoms with Gasteiger partial charge in [0.2, 0.25) is 10.0 Å². The maximum Gasteiger partial charge on any atom is 0.243 e. The zero-order chi connectivity index (χ0) is 20.3. The van der Waals surface area contributed by atoms with Gasteiger partial charge in [-0.1, -0.05) is 29.8 Å². The first-order chi connectivity index (χ1) is 14.0. The van der Waals surface area contributed by atoms with Crippen LogP contribution in [0.25, 0.3) is 0 Å². The minimum atomic E-state index is -3.52. The predicted octanol–water partition coefficient (Wildman–Crippen LogP) is 3.38. The van der Waals surface area contributed by atoms with E-state index in [-0.39, 0.29) is 4.90 Å². The van der Waals surface area contributed by atoms with E-state index in [9.17, 15) is 8.42 Å². The Morgan fingerprint density at radius 2 is 1.52 bits per heavy atom. The summed E-state index contributed by atoms with van der Waals surface area (Å²) in [5.74, 6) is 1.39. The van der Waals surface area contributed by atoms with Crippen LogP contribution in [0.4, 0.5) is 17.3 Å². The quantitative estimate of drug-likeness (QED) is 0.669. The summed E-state index contributed by atoms with van der Waals surface area (Å²) < 4.78 is 27.1. The second-order valence-corrected chi connectivity index (χ2v) is 8.99. The zero-order valence-corrected chi connectivity index (χ0v) is 17.1. The highest BCUT2D eigenvalue weighted by atomic mass is 35.5. The monoisotopic (exact) mass is 429 g/mol. The molecule has 1 aliphatic rings. The fourth-order valence-electron chi connectivity index (χ4n) is 3.14. The molecular formula is C20H20ClN5O2S. The average molecular weight is 430 g/mol. The zero-order valence-electron chi connectivity index (χ0n) is 15.6. The fourth-order valence-corrected chi connectivity index (χ4v) is 4.69. The Hall–Kier alpha value is -2.68. The average Bonchev–Trinajstić information content (AvgIpc) is 2.75. The Balaban J connectivity index is 1.38. The van der Waals surface area contributed by atoms with E-state index in [2.05, 4.69) is 15.5 Å². The number of sulfonamides is 1. The molecule has 0 amide bonds. The number of anilines is 3. The summed E-state index contributed by atoms with van der Waals surface area (Å²) in [7, 11) is -3.52. The van der Waals surface area contributed by atoms with Crippen LogP contribution in [0.2, 0.25) is 5.02 Å². The van der Waals surface area contributed by atoms with Crippen molar-refractivity contribution in [1.82, 2.24) is 14.5 Å². The molecule has 0 saturated carbocycles. The van der Waals surface area contributed by atoms with Crippen LogP contribution in [-0.4, -0.2) is 49.1 Å². The number of benzene rings is 2. The Kier molecular flexibility index (Phi) is 5.66. The predicted molar refractivity (Wildman–Crippen MR) is 114 cm³/mol. The number of para-hydroxylation sites is 1. The van der Waals surface area contributed by atoms with Crippen molar-refractivity contribution in [3.05, 3.63) is 71.8 Å². The van der Waals surface area contributed by atoms with Crippen LogP contribution in [0.3, 0.4) is 0 Å². The molecule has 9 heteroatoms. The molecule has 2 aromatic carbocycles. The van der Waals surface area contributed by atoms with Gasteiger partial charge in [-0.2, -0.15) is 4.31 Å². The number of nitrogens with zero attached hydrogens (tertiary/aromatic N) is 4. The minimum Gasteiger partial charge on any atom is -0.352 e. The van der Waals surface area contributed by atoms with Gasteiger partial charge < -0.3 is 10.2 Å². The molecule has 1 aliphatic heterocycles. The summed E-state index contributed by atoms with van der Waals surface area (Å²) in [6.07, 6.45) is 0. The van der Waals surface area contributed by atoms with Gasteiger partial charge in [-0.3, -0.25) is 0 Å². The largest absolute Gasteiger partial charge is 0.352 e. The number of piperazine rings is 1. The van der Waals surface area contributed by atoms with Gasteiger partial charge in [-0.15, -0.1) is 10.2 Å². The highest BCUT2D eigenvalue weighted by molar-refractivity contribution is 7.89. The molecule has 0 radical (unpaired) electrons. The first kappa shape index (κ1) is 19.6. The second-order valence-electron chi connectivity index (χ2n) is 6.61. The molecule has 29 heavy (non-hydrogen) atoms. The summed E-state index contributed by atoms with van der Waals surface area (Å²) in [5, 5.41) is 12.2. The SMILES string of the molecule is O=S(=O)(c1ccc(Cl)cc1)N1CCN(c2ccc(Nc3ccccc3)nn2)CC1. The molecule has 1 N–H and O–H groups in total. The van der Waals surface area contributed by atoms with Gasteiger partial charge in [0, 0.05) is 36.9 Å². The fraction of sp³-hybridized carbons (Fsp3) is 0.200. The van der Waals surface area contributed by atoms with Crippen LogP contribution in [0.5, 0.6) is 0 Å². The van der Waals surface area contributed by atoms with Crippen molar-refractivity contribution in [1.29, 1.82) is 0 Å². The molecule has 0 aliphatic carbocycles. The Labute approximate surface area is 175 Å². The van der Waals surface area contributed by atoms with Crippen molar-refractivity contribution in [2.75, 3.05) is 36.4 Å². The molecule has 1 saturated heterocycles. The molecule has 1 fully saturated rings. The normalized spacial score (nSPS) is 15.3. The molecule has 0 unspecified atom stereocenters. The molecule has 7 nitrogen and oxygen atoms in total. The van der Waals surface area contributed by atoms with Crippen LogP contribution in [0.15, 0.2) is 71.6 Å². The van der Waals surface area contributed by atoms with E-state index in [0.29, 0.717) is 37.0 Å². The van der Waals surface area contributed by atoms with Crippen molar-refractivity contribution in [2.24, 2.45) is 0 Å². The summed E-state index contributed by atoms with van der Waals surface area (Å²) in [6.45, 7) is 1.87. The standard InChI is InChI=1S/C20H20ClN5O2S/c21-16-6-8-18(9-7-16)29(27,28)26-14-12-25(13-15-26)20-11-10-19(23-24-20)22-17-4-2-1-3-5-17/h1-11H,12-15H2,(H,22,23). The first-order valence-electron chi connectivity index (χ1n) is 9.19. The third kappa shape index (κ3) is 4.50. The van der Waals surface area contributed by atoms with Gasteiger partial charge in [0.05, 0.1) is 4.90 Å². The maximum absolute atomic E-state index is 12.8. The minimum absolute atomic E-state index is 0.256. The van der Waals surface area contributed by atoms with Crippen molar-refractivity contribution in [2.45, 2.75) is 4.90 Å². The molecule has 2 heterocycles. The number of hydrogen-bond donors (Lipinski definition) is 1. The molecule has 150 valence electrons. The van der Waals surface area contributed by atoms with E-state index < -0.39 is 10.0 Å². The topological polar surface area (TPSA) is 78.4 Å². The number of rotatable bonds is 5. The molecule has 0 bridgehead atoms. The maximum atomic E-state index is 12.8. The van der Waals surface area contributed by atoms with Gasteiger partial charge in [0.25, 0.3) is 0 Å². The first-order valence-corrected chi connectivity index (χ1v) is 11.0. The highest BCUT2D eigenvalue weighted by Gasteiger charge is 2.29. The van der Waals surface area contributed by atoms with Gasteiger partial charge in [0.15, 0.2) is 11.6 Å². The van der Waals surface area contributed by atoms with Crippen LogP contribution in [0.1, 0.15) is 0 Å². The van der Waals surface area contributed by atoms with E-state index in [0.717, 1.165) is 11.5 Å². The Morgan fingerprint density at radius 3 is 2.14 bits per heavy atom. The second kappa shape index (κ2) is 8.36. The van der Waals surface area contributed by atoms with E-state index in [4.69, 9.17) is 11.6 Å². The van der Waals surface area contributed by atoms with E-state index in [1.165, 1.54) is 16.4 Å². The highest BCUT2D eigenvalue weighted by Crippen LogP contribution is 2.22. The lowest BCUT2D eigenvalue weighted by Gasteiger charge is -2.34. The van der Waals surface area contributed by atoms with Gasteiger partial charge in [-0.25, -0.2) is 8.42 Å². The van der Waals surface area contributed by atoms with Crippen LogP contribution >= 0.6 is 11.6 Å². The lowest BCUT2D eigenvalue weighted by atomic mass is 10.3. The van der Waals surface area contributed by atoms with Gasteiger partial charge >= 0.3 is 0 Å². The Bertz CT molecular complexity index is 1050. The third-order valence-corrected chi connectivity index (χ3v) is 6.88. The van der Waals surface area contributed by atoms with Gasteiger partial charge in [0.1, 0.15) is 0 Å². The van der Waals surface area contributed by atoms with E-state index in [1.54, 1.807) is 12.1 Å². The summed E-state index contributed by atoms with van der Waals surface area (Å²) >= 11 is 5.86. The third-order valence-electron chi connectivity index (χ3n) is 4.71. The number of nitrogens with one attached hydrogen (secondary N) is 1. The van der Waals surface area contributed by atoms with Crippen LogP contribution < -0.4 is 10.2 Å². The molecule has 1 aromatic heterocycles. The summed E-state index contributed by atoms with van der Waals surface area (Å²) in [5.41, 5.74) is 0.940. The summed E-state index contributed by atoms with van der Waals surface area (Å²) in [6, 6.07) is 19.8. The summed E-state index contributed by atoms with van der Waals surface area (Å²) in [4.78, 5) is 2.29.